The quantitative estimate of drug-likeness (QED) is 0.499. The van der Waals surface area contributed by atoms with Crippen molar-refractivity contribution in [3.05, 3.63) is 34.2 Å². The molecule has 0 heterocycles. The van der Waals surface area contributed by atoms with E-state index in [1.807, 2.05) is 0 Å². The van der Waals surface area contributed by atoms with Gasteiger partial charge in [0.1, 0.15) is 11.6 Å². The fraction of sp³-hybridized carbons (Fsp3) is 0. The van der Waals surface area contributed by atoms with Gasteiger partial charge >= 0.3 is 0 Å². The summed E-state index contributed by atoms with van der Waals surface area (Å²) in [5.74, 6) is -1.26. The highest BCUT2D eigenvalue weighted by Gasteiger charge is 1.94. The molecule has 2 heteroatoms. The Kier molecular flexibility index (Phi) is 1.53. The van der Waals surface area contributed by atoms with Gasteiger partial charge in [0, 0.05) is 11.3 Å². The van der Waals surface area contributed by atoms with E-state index in [2.05, 4.69) is 13.2 Å². The first-order chi connectivity index (χ1) is 4.61. The molecule has 0 radical (unpaired) electrons. The highest BCUT2D eigenvalue weighted by molar-refractivity contribution is 5.18. The summed E-state index contributed by atoms with van der Waals surface area (Å²) in [6.07, 6.45) is 0. The van der Waals surface area contributed by atoms with Crippen LogP contribution in [0.5, 0.6) is 0 Å². The Morgan fingerprint density at radius 2 is 1.70 bits per heavy atom. The Morgan fingerprint density at radius 1 is 1.10 bits per heavy atom. The third kappa shape index (κ3) is 1.05. The molecule has 0 atom stereocenters. The summed E-state index contributed by atoms with van der Waals surface area (Å²) in [5, 5.41) is 0.443. The average molecular weight is 140 g/mol. The number of halogens is 2. The van der Waals surface area contributed by atoms with E-state index < -0.39 is 11.6 Å². The van der Waals surface area contributed by atoms with Gasteiger partial charge in [-0.15, -0.1) is 0 Å². The standard InChI is InChI=1S/C8H6F2/c1-5-3-7(9)4-8(10)6(5)2/h3-4H,1-2H2. The largest absolute Gasteiger partial charge is 0.207 e. The Bertz CT molecular complexity index is 341. The summed E-state index contributed by atoms with van der Waals surface area (Å²) in [6.45, 7) is 6.76. The van der Waals surface area contributed by atoms with Gasteiger partial charge in [-0.2, -0.15) is 0 Å². The lowest BCUT2D eigenvalue weighted by Crippen LogP contribution is -2.25. The molecule has 10 heavy (non-hydrogen) atoms. The van der Waals surface area contributed by atoms with E-state index in [4.69, 9.17) is 0 Å². The molecule has 0 bridgehead atoms. The summed E-state index contributed by atoms with van der Waals surface area (Å²) in [4.78, 5) is 0. The molecule has 1 aromatic rings. The smallest absolute Gasteiger partial charge is 0.133 e. The zero-order chi connectivity index (χ0) is 7.72. The molecule has 0 aromatic heterocycles. The molecule has 52 valence electrons. The minimum Gasteiger partial charge on any atom is -0.207 e. The maximum atomic E-state index is 12.5. The molecule has 0 N–H and O–H groups in total. The normalized spacial score (nSPS) is 9.80. The second kappa shape index (κ2) is 2.21. The predicted octanol–water partition coefficient (Wildman–Crippen LogP) is 0.785. The maximum Gasteiger partial charge on any atom is 0.133 e. The Hall–Kier alpha value is -1.18. The first-order valence-corrected chi connectivity index (χ1v) is 2.74. The lowest BCUT2D eigenvalue weighted by atomic mass is 10.2. The van der Waals surface area contributed by atoms with Crippen LogP contribution in [0.1, 0.15) is 0 Å². The van der Waals surface area contributed by atoms with Gasteiger partial charge in [0.05, 0.1) is 0 Å². The van der Waals surface area contributed by atoms with Crippen LogP contribution in [0.3, 0.4) is 0 Å². The van der Waals surface area contributed by atoms with Crippen LogP contribution in [-0.4, -0.2) is 0 Å². The van der Waals surface area contributed by atoms with Crippen LogP contribution in [0.2, 0.25) is 0 Å². The van der Waals surface area contributed by atoms with Crippen molar-refractivity contribution in [2.24, 2.45) is 0 Å². The van der Waals surface area contributed by atoms with Crippen LogP contribution in [0.4, 0.5) is 8.78 Å². The van der Waals surface area contributed by atoms with Crippen LogP contribution in [0.15, 0.2) is 12.1 Å². The second-order valence-electron chi connectivity index (χ2n) is 2.03. The molecule has 0 aliphatic heterocycles. The summed E-state index contributed by atoms with van der Waals surface area (Å²) < 4.78 is 24.8. The van der Waals surface area contributed by atoms with Crippen molar-refractivity contribution in [1.29, 1.82) is 0 Å². The summed E-state index contributed by atoms with van der Waals surface area (Å²) >= 11 is 0. The lowest BCUT2D eigenvalue weighted by molar-refractivity contribution is 0.576. The van der Waals surface area contributed by atoms with Crippen molar-refractivity contribution in [2.75, 3.05) is 0 Å². The van der Waals surface area contributed by atoms with E-state index in [1.54, 1.807) is 0 Å². The van der Waals surface area contributed by atoms with Crippen LogP contribution >= 0.6 is 0 Å². The monoisotopic (exact) mass is 140 g/mol. The fourth-order valence-corrected chi connectivity index (χ4v) is 0.657. The van der Waals surface area contributed by atoms with Gasteiger partial charge in [-0.1, -0.05) is 13.2 Å². The molecule has 0 aliphatic carbocycles. The van der Waals surface area contributed by atoms with Gasteiger partial charge in [0.2, 0.25) is 0 Å². The van der Waals surface area contributed by atoms with Gasteiger partial charge in [-0.3, -0.25) is 0 Å². The number of hydrogen-bond donors (Lipinski definition) is 0. The van der Waals surface area contributed by atoms with E-state index in [9.17, 15) is 8.78 Å². The van der Waals surface area contributed by atoms with Crippen molar-refractivity contribution in [2.45, 2.75) is 0 Å². The minimum atomic E-state index is -0.648. The van der Waals surface area contributed by atoms with Gasteiger partial charge in [0.15, 0.2) is 0 Å². The fourth-order valence-electron chi connectivity index (χ4n) is 0.657. The highest BCUT2D eigenvalue weighted by atomic mass is 19.1. The number of benzene rings is 1. The van der Waals surface area contributed by atoms with Gasteiger partial charge < -0.3 is 0 Å². The highest BCUT2D eigenvalue weighted by Crippen LogP contribution is 1.91. The number of hydrogen-bond acceptors (Lipinski definition) is 0. The van der Waals surface area contributed by atoms with Crippen molar-refractivity contribution in [3.63, 3.8) is 0 Å². The first-order valence-electron chi connectivity index (χ1n) is 2.74. The molecular formula is C8H6F2. The van der Waals surface area contributed by atoms with Crippen molar-refractivity contribution in [1.82, 2.24) is 0 Å². The zero-order valence-corrected chi connectivity index (χ0v) is 5.32. The van der Waals surface area contributed by atoms with Crippen LogP contribution in [0, 0.1) is 11.6 Å². The van der Waals surface area contributed by atoms with E-state index in [0.29, 0.717) is 0 Å². The predicted molar refractivity (Wildman–Crippen MR) is 36.7 cm³/mol. The topological polar surface area (TPSA) is 0 Å². The average Bonchev–Trinajstić information content (AvgIpc) is 1.82. The molecule has 1 rings (SSSR count). The summed E-state index contributed by atoms with van der Waals surface area (Å²) in [7, 11) is 0. The molecule has 0 nitrogen and oxygen atoms in total. The molecule has 0 aliphatic rings. The Labute approximate surface area is 57.1 Å². The number of rotatable bonds is 0. The van der Waals surface area contributed by atoms with Gasteiger partial charge in [-0.25, -0.2) is 8.78 Å². The lowest BCUT2D eigenvalue weighted by Gasteiger charge is -1.89. The van der Waals surface area contributed by atoms with E-state index in [1.165, 1.54) is 0 Å². The van der Waals surface area contributed by atoms with Crippen molar-refractivity contribution < 1.29 is 8.78 Å². The molecular weight excluding hydrogens is 134 g/mol. The third-order valence-corrected chi connectivity index (χ3v) is 1.25. The maximum absolute atomic E-state index is 12.5. The Morgan fingerprint density at radius 3 is 2.20 bits per heavy atom. The summed E-state index contributed by atoms with van der Waals surface area (Å²) in [5.41, 5.74) is 0. The molecule has 0 amide bonds. The van der Waals surface area contributed by atoms with E-state index in [-0.39, 0.29) is 10.4 Å². The summed E-state index contributed by atoms with van der Waals surface area (Å²) in [6, 6.07) is 1.93. The SMILES string of the molecule is C=c1cc(F)cc(F)c1=C. The van der Waals surface area contributed by atoms with E-state index >= 15 is 0 Å². The van der Waals surface area contributed by atoms with Crippen molar-refractivity contribution >= 4 is 13.2 Å². The van der Waals surface area contributed by atoms with Gasteiger partial charge in [-0.05, 0) is 11.3 Å². The van der Waals surface area contributed by atoms with Crippen LogP contribution in [0.25, 0.3) is 13.2 Å². The van der Waals surface area contributed by atoms with Crippen LogP contribution < -0.4 is 10.4 Å². The van der Waals surface area contributed by atoms with E-state index in [0.717, 1.165) is 12.1 Å². The van der Waals surface area contributed by atoms with Crippen LogP contribution in [-0.2, 0) is 0 Å². The third-order valence-electron chi connectivity index (χ3n) is 1.25. The minimum absolute atomic E-state index is 0.154. The second-order valence-corrected chi connectivity index (χ2v) is 2.03. The molecule has 1 aromatic carbocycles. The zero-order valence-electron chi connectivity index (χ0n) is 5.32. The first kappa shape index (κ1) is 6.93. The Balaban J connectivity index is 3.62. The molecule has 0 fully saturated rings. The molecule has 0 saturated carbocycles. The molecule has 0 saturated heterocycles. The molecule has 0 spiro atoms. The van der Waals surface area contributed by atoms with Crippen molar-refractivity contribution in [3.8, 4) is 0 Å². The van der Waals surface area contributed by atoms with Gasteiger partial charge in [0.25, 0.3) is 0 Å². The molecule has 0 unspecified atom stereocenters.